The number of aromatic carboxylic acids is 1. The maximum absolute atomic E-state index is 11.0. The van der Waals surface area contributed by atoms with Gasteiger partial charge in [0.05, 0.1) is 22.9 Å². The van der Waals surface area contributed by atoms with Crippen molar-refractivity contribution in [2.45, 2.75) is 25.8 Å². The third-order valence-corrected chi connectivity index (χ3v) is 3.59. The second kappa shape index (κ2) is 3.58. The number of benzene rings is 1. The molecule has 1 N–H and O–H groups in total. The molecule has 0 amide bonds. The van der Waals surface area contributed by atoms with E-state index in [1.54, 1.807) is 18.2 Å². The van der Waals surface area contributed by atoms with E-state index in [4.69, 9.17) is 5.11 Å². The van der Waals surface area contributed by atoms with E-state index in [0.29, 0.717) is 11.6 Å². The minimum Gasteiger partial charge on any atom is -0.478 e. The van der Waals surface area contributed by atoms with Crippen molar-refractivity contribution in [1.29, 1.82) is 0 Å². The highest BCUT2D eigenvalue weighted by molar-refractivity contribution is 5.92. The number of hydrogen-bond acceptors (Lipinski definition) is 2. The van der Waals surface area contributed by atoms with Gasteiger partial charge in [-0.2, -0.15) is 0 Å². The monoisotopic (exact) mass is 230 g/mol. The van der Waals surface area contributed by atoms with Gasteiger partial charge in [-0.3, -0.25) is 0 Å². The highest BCUT2D eigenvalue weighted by Gasteiger charge is 2.37. The summed E-state index contributed by atoms with van der Waals surface area (Å²) in [6, 6.07) is 5.61. The van der Waals surface area contributed by atoms with Gasteiger partial charge < -0.3 is 9.67 Å². The summed E-state index contributed by atoms with van der Waals surface area (Å²) < 4.78 is 2.12. The molecule has 1 aliphatic rings. The fraction of sp³-hybridized carbons (Fsp3) is 0.385. The fourth-order valence-corrected chi connectivity index (χ4v) is 2.43. The minimum atomic E-state index is -0.887. The lowest BCUT2D eigenvalue weighted by Crippen LogP contribution is -1.98. The van der Waals surface area contributed by atoms with Crippen LogP contribution in [-0.2, 0) is 0 Å². The number of hydrogen-bond donors (Lipinski definition) is 1. The van der Waals surface area contributed by atoms with Crippen molar-refractivity contribution < 1.29 is 9.90 Å². The largest absolute Gasteiger partial charge is 0.478 e. The third-order valence-electron chi connectivity index (χ3n) is 3.59. The molecular weight excluding hydrogens is 216 g/mol. The van der Waals surface area contributed by atoms with Crippen molar-refractivity contribution in [3.05, 3.63) is 30.1 Å². The van der Waals surface area contributed by atoms with Gasteiger partial charge in [-0.15, -0.1) is 0 Å². The molecule has 0 radical (unpaired) electrons. The third kappa shape index (κ3) is 1.60. The maximum Gasteiger partial charge on any atom is 0.335 e. The van der Waals surface area contributed by atoms with E-state index in [1.807, 2.05) is 6.33 Å². The van der Waals surface area contributed by atoms with Crippen LogP contribution in [0.5, 0.6) is 0 Å². The first-order valence-electron chi connectivity index (χ1n) is 5.90. The number of imidazole rings is 1. The molecule has 1 saturated carbocycles. The molecule has 2 unspecified atom stereocenters. The van der Waals surface area contributed by atoms with Crippen LogP contribution in [0.4, 0.5) is 0 Å². The molecule has 0 aliphatic heterocycles. The van der Waals surface area contributed by atoms with Crippen LogP contribution in [-0.4, -0.2) is 20.6 Å². The molecule has 1 heterocycles. The van der Waals surface area contributed by atoms with Gasteiger partial charge in [0.15, 0.2) is 0 Å². The van der Waals surface area contributed by atoms with E-state index in [0.717, 1.165) is 17.0 Å². The number of fused-ring (bicyclic) bond motifs is 1. The molecule has 2 aromatic rings. The van der Waals surface area contributed by atoms with E-state index in [2.05, 4.69) is 16.5 Å². The van der Waals surface area contributed by atoms with Gasteiger partial charge in [0.1, 0.15) is 0 Å². The molecule has 4 nitrogen and oxygen atoms in total. The van der Waals surface area contributed by atoms with Crippen LogP contribution in [0.15, 0.2) is 24.5 Å². The average molecular weight is 230 g/mol. The van der Waals surface area contributed by atoms with Crippen LogP contribution in [0.2, 0.25) is 0 Å². The van der Waals surface area contributed by atoms with E-state index < -0.39 is 5.97 Å². The molecule has 0 saturated heterocycles. The molecular formula is C13H14N2O2. The Morgan fingerprint density at radius 1 is 1.59 bits per heavy atom. The SMILES string of the molecule is CCC1CC1n1cnc2ccc(C(=O)O)cc21. The zero-order valence-corrected chi connectivity index (χ0v) is 9.63. The Balaban J connectivity index is 2.07. The fourth-order valence-electron chi connectivity index (χ4n) is 2.43. The topological polar surface area (TPSA) is 55.1 Å². The molecule has 88 valence electrons. The highest BCUT2D eigenvalue weighted by atomic mass is 16.4. The van der Waals surface area contributed by atoms with Gasteiger partial charge >= 0.3 is 5.97 Å². The molecule has 3 rings (SSSR count). The number of carboxylic acids is 1. The molecule has 4 heteroatoms. The quantitative estimate of drug-likeness (QED) is 0.882. The normalized spacial score (nSPS) is 22.9. The lowest BCUT2D eigenvalue weighted by atomic mass is 10.2. The number of rotatable bonds is 3. The Hall–Kier alpha value is -1.84. The van der Waals surface area contributed by atoms with Gasteiger partial charge in [0, 0.05) is 6.04 Å². The first kappa shape index (κ1) is 10.3. The zero-order chi connectivity index (χ0) is 12.0. The molecule has 2 atom stereocenters. The summed E-state index contributed by atoms with van der Waals surface area (Å²) in [5.74, 6) is -0.164. The van der Waals surface area contributed by atoms with Crippen molar-refractivity contribution >= 4 is 17.0 Å². The van der Waals surface area contributed by atoms with Crippen LogP contribution in [0.1, 0.15) is 36.2 Å². The smallest absolute Gasteiger partial charge is 0.335 e. The van der Waals surface area contributed by atoms with Crippen LogP contribution < -0.4 is 0 Å². The maximum atomic E-state index is 11.0. The van der Waals surface area contributed by atoms with Crippen LogP contribution >= 0.6 is 0 Å². The van der Waals surface area contributed by atoms with Crippen molar-refractivity contribution in [2.75, 3.05) is 0 Å². The molecule has 0 bridgehead atoms. The Morgan fingerprint density at radius 3 is 3.06 bits per heavy atom. The van der Waals surface area contributed by atoms with Gasteiger partial charge in [-0.1, -0.05) is 13.3 Å². The first-order chi connectivity index (χ1) is 8.20. The van der Waals surface area contributed by atoms with E-state index in [9.17, 15) is 4.79 Å². The standard InChI is InChI=1S/C13H14N2O2/c1-2-8-5-11(8)15-7-14-10-4-3-9(13(16)17)6-12(10)15/h3-4,6-8,11H,2,5H2,1H3,(H,16,17). The summed E-state index contributed by atoms with van der Waals surface area (Å²) in [5.41, 5.74) is 2.13. The Bertz CT molecular complexity index is 588. The molecule has 1 aromatic heterocycles. The summed E-state index contributed by atoms with van der Waals surface area (Å²) in [5, 5.41) is 9.00. The van der Waals surface area contributed by atoms with Gasteiger partial charge in [0.2, 0.25) is 0 Å². The van der Waals surface area contributed by atoms with Crippen molar-refractivity contribution in [1.82, 2.24) is 9.55 Å². The van der Waals surface area contributed by atoms with Crippen molar-refractivity contribution in [2.24, 2.45) is 5.92 Å². The summed E-state index contributed by atoms with van der Waals surface area (Å²) in [7, 11) is 0. The predicted molar refractivity (Wildman–Crippen MR) is 64.1 cm³/mol. The molecule has 17 heavy (non-hydrogen) atoms. The molecule has 1 fully saturated rings. The number of carboxylic acid groups (broad SMARTS) is 1. The van der Waals surface area contributed by atoms with Gasteiger partial charge in [0.25, 0.3) is 0 Å². The highest BCUT2D eigenvalue weighted by Crippen LogP contribution is 2.46. The lowest BCUT2D eigenvalue weighted by Gasteiger charge is -2.03. The Kier molecular flexibility index (Phi) is 2.18. The van der Waals surface area contributed by atoms with Gasteiger partial charge in [-0.25, -0.2) is 9.78 Å². The Labute approximate surface area is 98.9 Å². The zero-order valence-electron chi connectivity index (χ0n) is 9.63. The summed E-state index contributed by atoms with van der Waals surface area (Å²) in [6.45, 7) is 2.19. The Morgan fingerprint density at radius 2 is 2.41 bits per heavy atom. The first-order valence-corrected chi connectivity index (χ1v) is 5.90. The second-order valence-electron chi connectivity index (χ2n) is 4.63. The van der Waals surface area contributed by atoms with Gasteiger partial charge in [-0.05, 0) is 30.5 Å². The van der Waals surface area contributed by atoms with E-state index in [-0.39, 0.29) is 0 Å². The number of aromatic nitrogens is 2. The van der Waals surface area contributed by atoms with E-state index in [1.165, 1.54) is 12.8 Å². The number of nitrogens with zero attached hydrogens (tertiary/aromatic N) is 2. The molecule has 0 spiro atoms. The molecule has 1 aromatic carbocycles. The van der Waals surface area contributed by atoms with Crippen molar-refractivity contribution in [3.63, 3.8) is 0 Å². The van der Waals surface area contributed by atoms with Crippen LogP contribution in [0, 0.1) is 5.92 Å². The minimum absolute atomic E-state index is 0.327. The van der Waals surface area contributed by atoms with Crippen molar-refractivity contribution in [3.8, 4) is 0 Å². The second-order valence-corrected chi connectivity index (χ2v) is 4.63. The lowest BCUT2D eigenvalue weighted by molar-refractivity contribution is 0.0697. The summed E-state index contributed by atoms with van der Waals surface area (Å²) in [6.07, 6.45) is 4.18. The molecule has 1 aliphatic carbocycles. The summed E-state index contributed by atoms with van der Waals surface area (Å²) >= 11 is 0. The van der Waals surface area contributed by atoms with Crippen LogP contribution in [0.3, 0.4) is 0 Å². The summed E-state index contributed by atoms with van der Waals surface area (Å²) in [4.78, 5) is 15.3. The average Bonchev–Trinajstić information content (AvgIpc) is 2.99. The van der Waals surface area contributed by atoms with Crippen LogP contribution in [0.25, 0.3) is 11.0 Å². The number of carbonyl (C=O) groups is 1. The predicted octanol–water partition coefficient (Wildman–Crippen LogP) is 2.71. The van der Waals surface area contributed by atoms with E-state index >= 15 is 0 Å².